The van der Waals surface area contributed by atoms with Gasteiger partial charge in [0, 0.05) is 32.0 Å². The molecule has 0 bridgehead atoms. The van der Waals surface area contributed by atoms with Crippen LogP contribution in [0.4, 0.5) is 0 Å². The summed E-state index contributed by atoms with van der Waals surface area (Å²) >= 11 is 0. The molecule has 0 amide bonds. The Balaban J connectivity index is 1.81. The summed E-state index contributed by atoms with van der Waals surface area (Å²) in [4.78, 5) is 4.30. The first-order valence-corrected chi connectivity index (χ1v) is 6.73. The fourth-order valence-electron chi connectivity index (χ4n) is 1.83. The van der Waals surface area contributed by atoms with Crippen LogP contribution in [0.25, 0.3) is 0 Å². The van der Waals surface area contributed by atoms with Gasteiger partial charge in [0.25, 0.3) is 0 Å². The Morgan fingerprint density at radius 3 is 3.00 bits per heavy atom. The van der Waals surface area contributed by atoms with Gasteiger partial charge in [-0.05, 0) is 19.9 Å². The highest BCUT2D eigenvalue weighted by Crippen LogP contribution is 2.09. The summed E-state index contributed by atoms with van der Waals surface area (Å²) in [6, 6.07) is 2.41. The molecule has 2 aromatic heterocycles. The van der Waals surface area contributed by atoms with Gasteiger partial charge in [-0.15, -0.1) is 0 Å². The number of hydrogen-bond donors (Lipinski definition) is 1. The van der Waals surface area contributed by atoms with E-state index in [1.807, 2.05) is 16.9 Å². The number of nitrogens with one attached hydrogen (secondary N) is 1. The van der Waals surface area contributed by atoms with Crippen LogP contribution < -0.4 is 5.32 Å². The topological polar surface area (TPSA) is 78.0 Å². The zero-order chi connectivity index (χ0) is 14.4. The molecule has 0 saturated carbocycles. The van der Waals surface area contributed by atoms with Gasteiger partial charge in [-0.25, -0.2) is 0 Å². The van der Waals surface area contributed by atoms with Gasteiger partial charge >= 0.3 is 0 Å². The average Bonchev–Trinajstić information content (AvgIpc) is 3.13. The molecule has 7 heteroatoms. The normalized spacial score (nSPS) is 14.3. The van der Waals surface area contributed by atoms with Crippen molar-refractivity contribution < 1.29 is 9.26 Å². The molecule has 0 unspecified atom stereocenters. The van der Waals surface area contributed by atoms with E-state index in [0.29, 0.717) is 31.3 Å². The zero-order valence-electron chi connectivity index (χ0n) is 12.1. The number of nitrogens with zero attached hydrogens (tertiary/aromatic N) is 4. The van der Waals surface area contributed by atoms with Crippen LogP contribution in [0.15, 0.2) is 23.0 Å². The molecule has 2 atom stereocenters. The van der Waals surface area contributed by atoms with E-state index in [0.717, 1.165) is 0 Å². The van der Waals surface area contributed by atoms with E-state index in [2.05, 4.69) is 34.4 Å². The maximum absolute atomic E-state index is 5.18. The first kappa shape index (κ1) is 14.7. The lowest BCUT2D eigenvalue weighted by molar-refractivity contribution is 0.199. The number of aromatic nitrogens is 4. The Morgan fingerprint density at radius 1 is 1.45 bits per heavy atom. The van der Waals surface area contributed by atoms with Crippen LogP contribution in [0, 0.1) is 0 Å². The number of rotatable bonds is 8. The molecule has 2 aromatic rings. The Labute approximate surface area is 118 Å². The van der Waals surface area contributed by atoms with Gasteiger partial charge in [0.15, 0.2) is 5.82 Å². The number of ether oxygens (including phenoxy) is 1. The average molecular weight is 279 g/mol. The fraction of sp³-hybridized carbons (Fsp3) is 0.615. The molecule has 0 spiro atoms. The Morgan fingerprint density at radius 2 is 2.30 bits per heavy atom. The Hall–Kier alpha value is -1.73. The van der Waals surface area contributed by atoms with Gasteiger partial charge in [0.1, 0.15) is 0 Å². The summed E-state index contributed by atoms with van der Waals surface area (Å²) in [6.45, 7) is 5.36. The second kappa shape index (κ2) is 7.16. The molecule has 1 N–H and O–H groups in total. The summed E-state index contributed by atoms with van der Waals surface area (Å²) < 4.78 is 12.1. The third-order valence-corrected chi connectivity index (χ3v) is 3.28. The van der Waals surface area contributed by atoms with Crippen molar-refractivity contribution >= 4 is 0 Å². The molecule has 110 valence electrons. The molecule has 20 heavy (non-hydrogen) atoms. The van der Waals surface area contributed by atoms with Gasteiger partial charge < -0.3 is 14.6 Å². The lowest BCUT2D eigenvalue weighted by Crippen LogP contribution is -2.33. The van der Waals surface area contributed by atoms with Crippen molar-refractivity contribution in [2.45, 2.75) is 38.9 Å². The van der Waals surface area contributed by atoms with Crippen LogP contribution >= 0.6 is 0 Å². The smallest absolute Gasteiger partial charge is 0.240 e. The van der Waals surface area contributed by atoms with Crippen LogP contribution in [0.5, 0.6) is 0 Å². The summed E-state index contributed by atoms with van der Waals surface area (Å²) in [5.41, 5.74) is 0. The quantitative estimate of drug-likeness (QED) is 0.782. The largest absolute Gasteiger partial charge is 0.384 e. The minimum atomic E-state index is 0.240. The van der Waals surface area contributed by atoms with E-state index in [1.54, 1.807) is 13.3 Å². The highest BCUT2D eigenvalue weighted by atomic mass is 16.5. The van der Waals surface area contributed by atoms with E-state index in [4.69, 9.17) is 9.26 Å². The van der Waals surface area contributed by atoms with E-state index >= 15 is 0 Å². The molecule has 0 radical (unpaired) electrons. The second-order valence-electron chi connectivity index (χ2n) is 4.74. The predicted octanol–water partition coefficient (Wildman–Crippen LogP) is 1.19. The third-order valence-electron chi connectivity index (χ3n) is 3.28. The molecule has 0 fully saturated rings. The van der Waals surface area contributed by atoms with Crippen molar-refractivity contribution in [1.29, 1.82) is 0 Å². The van der Waals surface area contributed by atoms with Crippen molar-refractivity contribution in [3.8, 4) is 0 Å². The van der Waals surface area contributed by atoms with Crippen LogP contribution in [-0.4, -0.2) is 39.7 Å². The molecule has 0 aromatic carbocycles. The van der Waals surface area contributed by atoms with E-state index in [1.165, 1.54) is 0 Å². The molecular formula is C13H21N5O2. The number of hydrogen-bond acceptors (Lipinski definition) is 6. The van der Waals surface area contributed by atoms with Gasteiger partial charge in [-0.2, -0.15) is 10.1 Å². The molecule has 2 rings (SSSR count). The van der Waals surface area contributed by atoms with Crippen molar-refractivity contribution in [1.82, 2.24) is 25.2 Å². The Bertz CT molecular complexity index is 497. The molecule has 2 heterocycles. The third kappa shape index (κ3) is 3.88. The van der Waals surface area contributed by atoms with Gasteiger partial charge in [-0.3, -0.25) is 4.68 Å². The van der Waals surface area contributed by atoms with Crippen LogP contribution in [0.2, 0.25) is 0 Å². The molecule has 7 nitrogen and oxygen atoms in total. The van der Waals surface area contributed by atoms with Gasteiger partial charge in [0.2, 0.25) is 5.89 Å². The second-order valence-corrected chi connectivity index (χ2v) is 4.74. The van der Waals surface area contributed by atoms with Crippen molar-refractivity contribution in [3.63, 3.8) is 0 Å². The first-order valence-electron chi connectivity index (χ1n) is 6.73. The summed E-state index contributed by atoms with van der Waals surface area (Å²) in [7, 11) is 1.65. The SMILES string of the molecule is COCCc1noc(CN[C@@H](C)[C@@H](C)n2cccn2)n1. The fourth-order valence-corrected chi connectivity index (χ4v) is 1.83. The Kier molecular flexibility index (Phi) is 5.25. The minimum absolute atomic E-state index is 0.240. The van der Waals surface area contributed by atoms with Crippen molar-refractivity contribution in [2.75, 3.05) is 13.7 Å². The molecule has 0 aliphatic rings. The standard InChI is InChI=1S/C13H21N5O2/c1-10(11(2)18-7-4-6-15-18)14-9-13-16-12(17-20-13)5-8-19-3/h4,6-7,10-11,14H,5,8-9H2,1-3H3/t10-,11+/m0/s1. The maximum atomic E-state index is 5.18. The summed E-state index contributed by atoms with van der Waals surface area (Å²) in [5.74, 6) is 1.27. The highest BCUT2D eigenvalue weighted by Gasteiger charge is 2.15. The minimum Gasteiger partial charge on any atom is -0.384 e. The van der Waals surface area contributed by atoms with Crippen molar-refractivity contribution in [3.05, 3.63) is 30.2 Å². The summed E-state index contributed by atoms with van der Waals surface area (Å²) in [6.07, 6.45) is 4.40. The van der Waals surface area contributed by atoms with E-state index < -0.39 is 0 Å². The summed E-state index contributed by atoms with van der Waals surface area (Å²) in [5, 5.41) is 11.5. The van der Waals surface area contributed by atoms with Gasteiger partial charge in [-0.1, -0.05) is 5.16 Å². The molecular weight excluding hydrogens is 258 g/mol. The lowest BCUT2D eigenvalue weighted by atomic mass is 10.2. The monoisotopic (exact) mass is 279 g/mol. The first-order chi connectivity index (χ1) is 9.70. The maximum Gasteiger partial charge on any atom is 0.240 e. The molecule has 0 saturated heterocycles. The van der Waals surface area contributed by atoms with Crippen LogP contribution in [0.1, 0.15) is 31.6 Å². The van der Waals surface area contributed by atoms with Crippen LogP contribution in [0.3, 0.4) is 0 Å². The lowest BCUT2D eigenvalue weighted by Gasteiger charge is -2.20. The number of methoxy groups -OCH3 is 1. The molecule has 0 aliphatic heterocycles. The van der Waals surface area contributed by atoms with E-state index in [9.17, 15) is 0 Å². The van der Waals surface area contributed by atoms with Crippen LogP contribution in [-0.2, 0) is 17.7 Å². The molecule has 0 aliphatic carbocycles. The predicted molar refractivity (Wildman–Crippen MR) is 73.1 cm³/mol. The van der Waals surface area contributed by atoms with Crippen molar-refractivity contribution in [2.24, 2.45) is 0 Å². The van der Waals surface area contributed by atoms with E-state index in [-0.39, 0.29) is 12.1 Å². The highest BCUT2D eigenvalue weighted by molar-refractivity contribution is 4.88. The van der Waals surface area contributed by atoms with Gasteiger partial charge in [0.05, 0.1) is 19.2 Å². The zero-order valence-corrected chi connectivity index (χ0v) is 12.1.